The molecule has 1 heterocycles. The summed E-state index contributed by atoms with van der Waals surface area (Å²) in [4.78, 5) is 23.4. The smallest absolute Gasteiger partial charge is 0.270 e. The highest BCUT2D eigenvalue weighted by Crippen LogP contribution is 2.20. The molecule has 0 spiro atoms. The fourth-order valence-corrected chi connectivity index (χ4v) is 2.15. The lowest BCUT2D eigenvalue weighted by Crippen LogP contribution is -2.34. The summed E-state index contributed by atoms with van der Waals surface area (Å²) in [5, 5.41) is 0.577. The number of nitrogens with one attached hydrogen (secondary N) is 1. The monoisotopic (exact) mass is 291 g/mol. The molecule has 0 aliphatic carbocycles. The third kappa shape index (κ3) is 2.59. The van der Waals surface area contributed by atoms with E-state index in [1.807, 2.05) is 18.4 Å². The van der Waals surface area contributed by atoms with Gasteiger partial charge in [0.1, 0.15) is 5.56 Å². The van der Waals surface area contributed by atoms with E-state index in [1.165, 1.54) is 12.3 Å². The van der Waals surface area contributed by atoms with E-state index < -0.39 is 5.91 Å². The summed E-state index contributed by atoms with van der Waals surface area (Å²) in [6.07, 6.45) is 1.47. The normalized spacial score (nSPS) is 10.4. The summed E-state index contributed by atoms with van der Waals surface area (Å²) in [5.74, 6) is 4.46. The second-order valence-electron chi connectivity index (χ2n) is 4.47. The van der Waals surface area contributed by atoms with E-state index in [-0.39, 0.29) is 11.0 Å². The molecule has 0 atom stereocenters. The minimum absolute atomic E-state index is 0.0162. The van der Waals surface area contributed by atoms with Gasteiger partial charge in [-0.3, -0.25) is 15.0 Å². The number of hydrogen-bond acceptors (Lipinski definition) is 3. The number of carbonyl (C=O) groups is 1. The Kier molecular flexibility index (Phi) is 3.92. The average Bonchev–Trinajstić information content (AvgIpc) is 2.41. The molecule has 1 aromatic carbocycles. The fraction of sp³-hybridized carbons (Fsp3) is 0.143. The number of nitrogen functional groups attached to an aromatic ring is 1. The first-order chi connectivity index (χ1) is 9.43. The van der Waals surface area contributed by atoms with Crippen LogP contribution in [0.2, 0.25) is 5.02 Å². The minimum atomic E-state index is -0.622. The van der Waals surface area contributed by atoms with Crippen LogP contribution in [0.4, 0.5) is 0 Å². The first-order valence-electron chi connectivity index (χ1n) is 5.95. The molecule has 0 bridgehead atoms. The number of aromatic nitrogens is 1. The maximum atomic E-state index is 11.8. The van der Waals surface area contributed by atoms with Crippen molar-refractivity contribution < 1.29 is 4.79 Å². The zero-order valence-corrected chi connectivity index (χ0v) is 11.9. The van der Waals surface area contributed by atoms with Gasteiger partial charge < -0.3 is 4.57 Å². The Balaban J connectivity index is 2.71. The van der Waals surface area contributed by atoms with Gasteiger partial charge in [0.25, 0.3) is 5.91 Å². The first-order valence-corrected chi connectivity index (χ1v) is 6.32. The van der Waals surface area contributed by atoms with Crippen molar-refractivity contribution in [2.45, 2.75) is 13.8 Å². The van der Waals surface area contributed by atoms with Crippen LogP contribution in [0.1, 0.15) is 21.6 Å². The number of rotatable bonds is 2. The van der Waals surface area contributed by atoms with Crippen molar-refractivity contribution >= 4 is 17.5 Å². The first kappa shape index (κ1) is 14.3. The van der Waals surface area contributed by atoms with Crippen molar-refractivity contribution in [3.05, 3.63) is 62.5 Å². The molecule has 6 heteroatoms. The Labute approximate surface area is 120 Å². The third-order valence-electron chi connectivity index (χ3n) is 3.05. The van der Waals surface area contributed by atoms with Gasteiger partial charge >= 0.3 is 0 Å². The Bertz CT molecular complexity index is 738. The lowest BCUT2D eigenvalue weighted by Gasteiger charge is -2.15. The topological polar surface area (TPSA) is 77.1 Å². The van der Waals surface area contributed by atoms with Gasteiger partial charge in [-0.05, 0) is 31.5 Å². The van der Waals surface area contributed by atoms with E-state index in [4.69, 9.17) is 17.4 Å². The van der Waals surface area contributed by atoms with E-state index >= 15 is 0 Å². The summed E-state index contributed by atoms with van der Waals surface area (Å²) >= 11 is 6.01. The molecular formula is C14H14ClN3O2. The van der Waals surface area contributed by atoms with Gasteiger partial charge in [0.2, 0.25) is 0 Å². The summed E-state index contributed by atoms with van der Waals surface area (Å²) in [5.41, 5.74) is 4.06. The highest BCUT2D eigenvalue weighted by molar-refractivity contribution is 6.30. The van der Waals surface area contributed by atoms with E-state index in [2.05, 4.69) is 0 Å². The van der Waals surface area contributed by atoms with Crippen LogP contribution in [0.3, 0.4) is 0 Å². The number of carbonyl (C=O) groups excluding carboxylic acids is 1. The summed E-state index contributed by atoms with van der Waals surface area (Å²) in [6, 6.07) is 6.83. The van der Waals surface area contributed by atoms with Gasteiger partial charge in [0.15, 0.2) is 5.43 Å². The molecule has 5 nitrogen and oxygen atoms in total. The number of amides is 1. The number of pyridine rings is 1. The van der Waals surface area contributed by atoms with Crippen LogP contribution in [0.5, 0.6) is 0 Å². The second-order valence-corrected chi connectivity index (χ2v) is 4.90. The molecule has 2 aromatic rings. The van der Waals surface area contributed by atoms with Crippen molar-refractivity contribution in [2.75, 3.05) is 0 Å². The molecular weight excluding hydrogens is 278 g/mol. The SMILES string of the molecule is Cc1ccc(Cl)cc1-n1cc(C(=O)NN)c(=O)cc1C. The number of nitrogens with zero attached hydrogens (tertiary/aromatic N) is 1. The van der Waals surface area contributed by atoms with Crippen LogP contribution in [0.25, 0.3) is 5.69 Å². The molecule has 0 saturated heterocycles. The van der Waals surface area contributed by atoms with Gasteiger partial charge in [-0.2, -0.15) is 0 Å². The predicted molar refractivity (Wildman–Crippen MR) is 78.2 cm³/mol. The van der Waals surface area contributed by atoms with Crippen molar-refractivity contribution in [1.82, 2.24) is 9.99 Å². The highest BCUT2D eigenvalue weighted by atomic mass is 35.5. The van der Waals surface area contributed by atoms with Crippen molar-refractivity contribution in [3.63, 3.8) is 0 Å². The fourth-order valence-electron chi connectivity index (χ4n) is 1.98. The third-order valence-corrected chi connectivity index (χ3v) is 3.29. The lowest BCUT2D eigenvalue weighted by molar-refractivity contribution is 0.0952. The molecule has 3 N–H and O–H groups in total. The van der Waals surface area contributed by atoms with Gasteiger partial charge in [-0.15, -0.1) is 0 Å². The second kappa shape index (κ2) is 5.48. The van der Waals surface area contributed by atoms with Crippen LogP contribution < -0.4 is 16.7 Å². The van der Waals surface area contributed by atoms with Crippen LogP contribution >= 0.6 is 11.6 Å². The van der Waals surface area contributed by atoms with Crippen molar-refractivity contribution in [2.24, 2.45) is 5.84 Å². The van der Waals surface area contributed by atoms with Crippen molar-refractivity contribution in [3.8, 4) is 5.69 Å². The summed E-state index contributed by atoms with van der Waals surface area (Å²) in [7, 11) is 0. The zero-order valence-electron chi connectivity index (χ0n) is 11.1. The molecule has 0 saturated carbocycles. The molecule has 104 valence electrons. The number of hydrazine groups is 1. The minimum Gasteiger partial charge on any atom is -0.320 e. The number of aryl methyl sites for hydroxylation is 2. The van der Waals surface area contributed by atoms with E-state index in [9.17, 15) is 9.59 Å². The highest BCUT2D eigenvalue weighted by Gasteiger charge is 2.13. The van der Waals surface area contributed by atoms with Crippen molar-refractivity contribution in [1.29, 1.82) is 0 Å². The Morgan fingerprint density at radius 3 is 2.65 bits per heavy atom. The van der Waals surface area contributed by atoms with Gasteiger partial charge in [0.05, 0.1) is 0 Å². The molecule has 0 aliphatic rings. The van der Waals surface area contributed by atoms with Crippen LogP contribution in [-0.4, -0.2) is 10.5 Å². The molecule has 0 radical (unpaired) electrons. The summed E-state index contributed by atoms with van der Waals surface area (Å²) in [6.45, 7) is 3.71. The van der Waals surface area contributed by atoms with Gasteiger partial charge in [-0.25, -0.2) is 5.84 Å². The maximum Gasteiger partial charge on any atom is 0.270 e. The Morgan fingerprint density at radius 1 is 1.30 bits per heavy atom. The predicted octanol–water partition coefficient (Wildman–Crippen LogP) is 1.71. The average molecular weight is 292 g/mol. The molecule has 0 aliphatic heterocycles. The van der Waals surface area contributed by atoms with Crippen LogP contribution in [0, 0.1) is 13.8 Å². The Morgan fingerprint density at radius 2 is 2.00 bits per heavy atom. The van der Waals surface area contributed by atoms with Crippen LogP contribution in [0.15, 0.2) is 35.3 Å². The lowest BCUT2D eigenvalue weighted by atomic mass is 10.1. The molecule has 0 fully saturated rings. The molecule has 1 amide bonds. The van der Waals surface area contributed by atoms with E-state index in [0.717, 1.165) is 11.3 Å². The van der Waals surface area contributed by atoms with Gasteiger partial charge in [-0.1, -0.05) is 17.7 Å². The van der Waals surface area contributed by atoms with E-state index in [0.29, 0.717) is 10.7 Å². The van der Waals surface area contributed by atoms with E-state index in [1.54, 1.807) is 23.6 Å². The largest absolute Gasteiger partial charge is 0.320 e. The molecule has 2 rings (SSSR count). The maximum absolute atomic E-state index is 11.8. The zero-order chi connectivity index (χ0) is 14.9. The Hall–Kier alpha value is -2.11. The van der Waals surface area contributed by atoms with Crippen LogP contribution in [-0.2, 0) is 0 Å². The molecule has 1 aromatic heterocycles. The number of nitrogens with two attached hydrogens (primary N) is 1. The summed E-state index contributed by atoms with van der Waals surface area (Å²) < 4.78 is 1.74. The standard InChI is InChI=1S/C14H14ClN3O2/c1-8-3-4-10(15)6-12(8)18-7-11(14(20)17-16)13(19)5-9(18)2/h3-7H,16H2,1-2H3,(H,17,20). The molecule has 20 heavy (non-hydrogen) atoms. The molecule has 0 unspecified atom stereocenters. The quantitative estimate of drug-likeness (QED) is 0.502. The number of hydrogen-bond donors (Lipinski definition) is 2. The number of halogens is 1. The van der Waals surface area contributed by atoms with Gasteiger partial charge in [0, 0.05) is 28.7 Å². The number of benzene rings is 1.